The molecule has 1 aromatic heterocycles. The number of carbonyl (C=O) groups excluding carboxylic acids is 1. The second kappa shape index (κ2) is 9.39. The number of anilines is 1. The first-order valence-corrected chi connectivity index (χ1v) is 10.1. The monoisotopic (exact) mass is 429 g/mol. The van der Waals surface area contributed by atoms with Gasteiger partial charge in [-0.05, 0) is 35.4 Å². The minimum atomic E-state index is -1.09. The normalized spacial score (nSPS) is 12.6. The third kappa shape index (κ3) is 4.49. The van der Waals surface area contributed by atoms with Crippen LogP contribution in [-0.2, 0) is 12.0 Å². The van der Waals surface area contributed by atoms with Gasteiger partial charge in [-0.15, -0.1) is 0 Å². The van der Waals surface area contributed by atoms with Gasteiger partial charge in [0, 0.05) is 12.6 Å². The Morgan fingerprint density at radius 3 is 2.03 bits per heavy atom. The van der Waals surface area contributed by atoms with Crippen LogP contribution in [0, 0.1) is 11.6 Å². The minimum Gasteiger partial charge on any atom is -0.322 e. The fraction of sp³-hybridized carbons (Fsp3) is 0.0769. The summed E-state index contributed by atoms with van der Waals surface area (Å²) in [6, 6.07) is 27.2. The summed E-state index contributed by atoms with van der Waals surface area (Å²) < 4.78 is 28.3. The van der Waals surface area contributed by atoms with E-state index < -0.39 is 28.9 Å². The number of para-hydroxylation sites is 1. The second-order valence-electron chi connectivity index (χ2n) is 7.32. The van der Waals surface area contributed by atoms with Crippen molar-refractivity contribution in [1.82, 2.24) is 10.3 Å². The van der Waals surface area contributed by atoms with E-state index in [4.69, 9.17) is 0 Å². The smallest absolute Gasteiger partial charge is 0.320 e. The lowest BCUT2D eigenvalue weighted by molar-refractivity contribution is 0.241. The number of pyridine rings is 1. The Labute approximate surface area is 185 Å². The Morgan fingerprint density at radius 2 is 1.41 bits per heavy atom. The van der Waals surface area contributed by atoms with Gasteiger partial charge in [0.1, 0.15) is 22.9 Å². The van der Waals surface area contributed by atoms with Crippen molar-refractivity contribution in [2.75, 3.05) is 5.32 Å². The fourth-order valence-corrected chi connectivity index (χ4v) is 3.72. The lowest BCUT2D eigenvalue weighted by Gasteiger charge is -2.35. The van der Waals surface area contributed by atoms with Gasteiger partial charge in [0.25, 0.3) is 0 Å². The molecule has 0 saturated heterocycles. The quantitative estimate of drug-likeness (QED) is 0.415. The van der Waals surface area contributed by atoms with Crippen LogP contribution in [0.4, 0.5) is 19.3 Å². The summed E-state index contributed by atoms with van der Waals surface area (Å²) in [5.74, 6) is -1.71. The fourth-order valence-electron chi connectivity index (χ4n) is 3.72. The van der Waals surface area contributed by atoms with Gasteiger partial charge in [0.05, 0.1) is 5.69 Å². The first-order valence-electron chi connectivity index (χ1n) is 10.1. The van der Waals surface area contributed by atoms with Gasteiger partial charge in [-0.3, -0.25) is 4.98 Å². The molecule has 0 saturated carbocycles. The molecule has 3 aromatic carbocycles. The average molecular weight is 429 g/mol. The Balaban J connectivity index is 1.79. The molecule has 1 heterocycles. The summed E-state index contributed by atoms with van der Waals surface area (Å²) in [5.41, 5.74) is 0.744. The number of urea groups is 1. The number of carbonyl (C=O) groups is 1. The number of rotatable bonds is 6. The molecule has 2 N–H and O–H groups in total. The summed E-state index contributed by atoms with van der Waals surface area (Å²) in [7, 11) is 0. The predicted octanol–water partition coefficient (Wildman–Crippen LogP) is 5.67. The van der Waals surface area contributed by atoms with E-state index in [-0.39, 0.29) is 0 Å². The molecule has 1 atom stereocenters. The topological polar surface area (TPSA) is 54.0 Å². The lowest BCUT2D eigenvalue weighted by Crippen LogP contribution is -2.50. The molecular weight excluding hydrogens is 408 g/mol. The van der Waals surface area contributed by atoms with Gasteiger partial charge in [-0.1, -0.05) is 72.8 Å². The SMILES string of the molecule is O=C(Nc1c(F)cccc1F)NC(Cc1ccccc1)(c1ccccc1)c1ccccn1. The van der Waals surface area contributed by atoms with Crippen molar-refractivity contribution in [3.05, 3.63) is 132 Å². The number of hydrogen-bond acceptors (Lipinski definition) is 2. The third-order valence-electron chi connectivity index (χ3n) is 5.21. The Hall–Kier alpha value is -4.06. The zero-order chi connectivity index (χ0) is 22.4. The third-order valence-corrected chi connectivity index (χ3v) is 5.21. The molecule has 1 unspecified atom stereocenters. The van der Waals surface area contributed by atoms with Crippen LogP contribution < -0.4 is 10.6 Å². The highest BCUT2D eigenvalue weighted by Crippen LogP contribution is 2.33. The summed E-state index contributed by atoms with van der Waals surface area (Å²) in [6.07, 6.45) is 2.02. The molecule has 4 rings (SSSR count). The van der Waals surface area contributed by atoms with Crippen LogP contribution in [0.5, 0.6) is 0 Å². The number of hydrogen-bond donors (Lipinski definition) is 2. The van der Waals surface area contributed by atoms with Crippen molar-refractivity contribution in [1.29, 1.82) is 0 Å². The van der Waals surface area contributed by atoms with Crippen molar-refractivity contribution in [2.45, 2.75) is 12.0 Å². The highest BCUT2D eigenvalue weighted by atomic mass is 19.1. The number of amides is 2. The van der Waals surface area contributed by atoms with Crippen molar-refractivity contribution >= 4 is 11.7 Å². The maximum absolute atomic E-state index is 14.1. The molecule has 0 spiro atoms. The van der Waals surface area contributed by atoms with Crippen molar-refractivity contribution < 1.29 is 13.6 Å². The molecule has 4 aromatic rings. The number of aromatic nitrogens is 1. The molecular formula is C26H21F2N3O. The summed E-state index contributed by atoms with van der Waals surface area (Å²) in [4.78, 5) is 17.6. The van der Waals surface area contributed by atoms with Gasteiger partial charge in [-0.2, -0.15) is 0 Å². The molecule has 0 aliphatic carbocycles. The first kappa shape index (κ1) is 21.2. The van der Waals surface area contributed by atoms with Crippen molar-refractivity contribution in [3.8, 4) is 0 Å². The van der Waals surface area contributed by atoms with Gasteiger partial charge in [0.2, 0.25) is 0 Å². The Kier molecular flexibility index (Phi) is 6.22. The van der Waals surface area contributed by atoms with E-state index in [1.165, 1.54) is 6.07 Å². The number of nitrogens with one attached hydrogen (secondary N) is 2. The van der Waals surface area contributed by atoms with E-state index in [0.717, 1.165) is 23.3 Å². The Bertz CT molecular complexity index is 1130. The van der Waals surface area contributed by atoms with E-state index >= 15 is 0 Å². The number of benzene rings is 3. The predicted molar refractivity (Wildman–Crippen MR) is 120 cm³/mol. The van der Waals surface area contributed by atoms with Crippen LogP contribution >= 0.6 is 0 Å². The van der Waals surface area contributed by atoms with Crippen LogP contribution in [0.25, 0.3) is 0 Å². The highest BCUT2D eigenvalue weighted by Gasteiger charge is 2.38. The molecule has 0 aliphatic rings. The first-order chi connectivity index (χ1) is 15.6. The maximum Gasteiger partial charge on any atom is 0.320 e. The van der Waals surface area contributed by atoms with Crippen LogP contribution in [-0.4, -0.2) is 11.0 Å². The van der Waals surface area contributed by atoms with E-state index in [1.54, 1.807) is 12.3 Å². The maximum atomic E-state index is 14.1. The van der Waals surface area contributed by atoms with Crippen LogP contribution in [0.3, 0.4) is 0 Å². The Morgan fingerprint density at radius 1 is 0.781 bits per heavy atom. The molecule has 6 heteroatoms. The molecule has 0 radical (unpaired) electrons. The van der Waals surface area contributed by atoms with E-state index in [1.807, 2.05) is 72.8 Å². The van der Waals surface area contributed by atoms with Crippen molar-refractivity contribution in [3.63, 3.8) is 0 Å². The van der Waals surface area contributed by atoms with Gasteiger partial charge in [-0.25, -0.2) is 13.6 Å². The van der Waals surface area contributed by atoms with Gasteiger partial charge < -0.3 is 10.6 Å². The summed E-state index contributed by atoms with van der Waals surface area (Å²) in [5, 5.41) is 5.30. The second-order valence-corrected chi connectivity index (χ2v) is 7.32. The number of nitrogens with zero attached hydrogens (tertiary/aromatic N) is 1. The molecule has 2 amide bonds. The van der Waals surface area contributed by atoms with E-state index in [9.17, 15) is 13.6 Å². The molecule has 0 fully saturated rings. The van der Waals surface area contributed by atoms with Crippen LogP contribution in [0.15, 0.2) is 103 Å². The van der Waals surface area contributed by atoms with Crippen LogP contribution in [0.1, 0.15) is 16.8 Å². The van der Waals surface area contributed by atoms with E-state index in [0.29, 0.717) is 12.1 Å². The van der Waals surface area contributed by atoms with E-state index in [2.05, 4.69) is 15.6 Å². The van der Waals surface area contributed by atoms with Gasteiger partial charge in [0.15, 0.2) is 0 Å². The van der Waals surface area contributed by atoms with Crippen LogP contribution in [0.2, 0.25) is 0 Å². The highest BCUT2D eigenvalue weighted by molar-refractivity contribution is 5.90. The molecule has 0 bridgehead atoms. The standard InChI is InChI=1S/C26H21F2N3O/c27-21-14-9-15-22(28)24(21)30-25(32)31-26(20-12-5-2-6-13-20,23-16-7-8-17-29-23)18-19-10-3-1-4-11-19/h1-17H,18H2,(H2,30,31,32). The zero-order valence-corrected chi connectivity index (χ0v) is 17.1. The average Bonchev–Trinajstić information content (AvgIpc) is 2.83. The van der Waals surface area contributed by atoms with Gasteiger partial charge >= 0.3 is 6.03 Å². The summed E-state index contributed by atoms with van der Waals surface area (Å²) >= 11 is 0. The van der Waals surface area contributed by atoms with Crippen molar-refractivity contribution in [2.24, 2.45) is 0 Å². The molecule has 4 nitrogen and oxygen atoms in total. The molecule has 0 aliphatic heterocycles. The lowest BCUT2D eigenvalue weighted by atomic mass is 9.80. The largest absolute Gasteiger partial charge is 0.322 e. The molecule has 32 heavy (non-hydrogen) atoms. The minimum absolute atomic E-state index is 0.377. The molecule has 160 valence electrons. The number of halogens is 2. The zero-order valence-electron chi connectivity index (χ0n) is 17.1. The summed E-state index contributed by atoms with van der Waals surface area (Å²) in [6.45, 7) is 0.